The van der Waals surface area contributed by atoms with Gasteiger partial charge in [-0.2, -0.15) is 0 Å². The molecule has 7 heteroatoms. The van der Waals surface area contributed by atoms with Crippen LogP contribution >= 0.6 is 15.9 Å². The summed E-state index contributed by atoms with van der Waals surface area (Å²) in [6.45, 7) is 2.51. The molecule has 2 aromatic rings. The number of hydrogen-bond donors (Lipinski definition) is 3. The second-order valence-electron chi connectivity index (χ2n) is 5.50. The Hall–Kier alpha value is -2.67. The lowest BCUT2D eigenvalue weighted by molar-refractivity contribution is -0.120. The molecule has 0 bridgehead atoms. The van der Waals surface area contributed by atoms with Gasteiger partial charge in [-0.25, -0.2) is 0 Å². The zero-order chi connectivity index (χ0) is 18.9. The molecule has 0 aliphatic carbocycles. The van der Waals surface area contributed by atoms with Crippen LogP contribution in [0.2, 0.25) is 0 Å². The molecule has 0 aliphatic rings. The Kier molecular flexibility index (Phi) is 7.35. The summed E-state index contributed by atoms with van der Waals surface area (Å²) in [6.07, 6.45) is 0.418. The highest BCUT2D eigenvalue weighted by Gasteiger charge is 2.08. The fourth-order valence-corrected chi connectivity index (χ4v) is 2.38. The molecule has 0 spiro atoms. The van der Waals surface area contributed by atoms with Crippen molar-refractivity contribution in [2.75, 3.05) is 18.4 Å². The zero-order valence-electron chi connectivity index (χ0n) is 14.3. The monoisotopic (exact) mass is 417 g/mol. The van der Waals surface area contributed by atoms with Crippen LogP contribution in [-0.4, -0.2) is 30.8 Å². The van der Waals surface area contributed by atoms with Gasteiger partial charge in [0, 0.05) is 40.8 Å². The number of benzene rings is 2. The minimum atomic E-state index is -0.235. The summed E-state index contributed by atoms with van der Waals surface area (Å²) >= 11 is 3.33. The van der Waals surface area contributed by atoms with Gasteiger partial charge in [0.15, 0.2) is 0 Å². The molecule has 0 aliphatic heterocycles. The highest BCUT2D eigenvalue weighted by Crippen LogP contribution is 2.14. The van der Waals surface area contributed by atoms with Crippen LogP contribution in [-0.2, 0) is 4.79 Å². The number of carbonyl (C=O) groups is 3. The van der Waals surface area contributed by atoms with Crippen LogP contribution in [0.1, 0.15) is 34.1 Å². The summed E-state index contributed by atoms with van der Waals surface area (Å²) in [7, 11) is 0. The summed E-state index contributed by atoms with van der Waals surface area (Å²) < 4.78 is 0.902. The molecule has 0 fully saturated rings. The third-order valence-electron chi connectivity index (χ3n) is 3.57. The average Bonchev–Trinajstić information content (AvgIpc) is 2.65. The number of amides is 3. The standard InChI is InChI=1S/C19H20BrN3O3/c1-2-17(24)21-11-12-22-18(25)13-5-9-16(10-6-13)23-19(26)14-3-7-15(20)8-4-14/h3-10H,2,11-12H2,1H3,(H,21,24)(H,22,25)(H,23,26). The lowest BCUT2D eigenvalue weighted by Gasteiger charge is -2.08. The molecule has 0 radical (unpaired) electrons. The van der Waals surface area contributed by atoms with E-state index in [0.29, 0.717) is 36.3 Å². The first-order valence-electron chi connectivity index (χ1n) is 8.21. The van der Waals surface area contributed by atoms with Gasteiger partial charge in [0.1, 0.15) is 0 Å². The van der Waals surface area contributed by atoms with Crippen molar-refractivity contribution >= 4 is 39.3 Å². The van der Waals surface area contributed by atoms with Crippen LogP contribution in [0, 0.1) is 0 Å². The maximum absolute atomic E-state index is 12.2. The fourth-order valence-electron chi connectivity index (χ4n) is 2.11. The van der Waals surface area contributed by atoms with Crippen molar-refractivity contribution in [1.82, 2.24) is 10.6 Å². The van der Waals surface area contributed by atoms with Gasteiger partial charge in [-0.15, -0.1) is 0 Å². The Morgan fingerprint density at radius 3 is 1.96 bits per heavy atom. The van der Waals surface area contributed by atoms with Gasteiger partial charge in [-0.05, 0) is 48.5 Å². The van der Waals surface area contributed by atoms with Crippen molar-refractivity contribution < 1.29 is 14.4 Å². The average molecular weight is 418 g/mol. The normalized spacial score (nSPS) is 10.1. The maximum Gasteiger partial charge on any atom is 0.255 e. The summed E-state index contributed by atoms with van der Waals surface area (Å²) in [5.41, 5.74) is 1.63. The summed E-state index contributed by atoms with van der Waals surface area (Å²) in [5.74, 6) is -0.506. The van der Waals surface area contributed by atoms with Crippen LogP contribution < -0.4 is 16.0 Å². The lowest BCUT2D eigenvalue weighted by atomic mass is 10.1. The zero-order valence-corrected chi connectivity index (χ0v) is 15.9. The topological polar surface area (TPSA) is 87.3 Å². The maximum atomic E-state index is 12.2. The SMILES string of the molecule is CCC(=O)NCCNC(=O)c1ccc(NC(=O)c2ccc(Br)cc2)cc1. The van der Waals surface area contributed by atoms with E-state index in [0.717, 1.165) is 4.47 Å². The summed E-state index contributed by atoms with van der Waals surface area (Å²) in [5, 5.41) is 8.19. The fraction of sp³-hybridized carbons (Fsp3) is 0.211. The van der Waals surface area contributed by atoms with Crippen LogP contribution in [0.4, 0.5) is 5.69 Å². The van der Waals surface area contributed by atoms with Gasteiger partial charge >= 0.3 is 0 Å². The van der Waals surface area contributed by atoms with E-state index in [1.165, 1.54) is 0 Å². The number of rotatable bonds is 7. The molecule has 2 aromatic carbocycles. The molecular formula is C19H20BrN3O3. The van der Waals surface area contributed by atoms with Crippen molar-refractivity contribution in [2.45, 2.75) is 13.3 Å². The van der Waals surface area contributed by atoms with E-state index < -0.39 is 0 Å². The molecule has 3 N–H and O–H groups in total. The van der Waals surface area contributed by atoms with Gasteiger partial charge in [0.2, 0.25) is 5.91 Å². The van der Waals surface area contributed by atoms with Gasteiger partial charge in [-0.3, -0.25) is 14.4 Å². The van der Waals surface area contributed by atoms with Crippen LogP contribution in [0.5, 0.6) is 0 Å². The molecule has 0 saturated heterocycles. The highest BCUT2D eigenvalue weighted by molar-refractivity contribution is 9.10. The first-order chi connectivity index (χ1) is 12.5. The third-order valence-corrected chi connectivity index (χ3v) is 4.09. The van der Waals surface area contributed by atoms with Crippen LogP contribution in [0.15, 0.2) is 53.0 Å². The molecule has 0 atom stereocenters. The molecule has 3 amide bonds. The number of nitrogens with one attached hydrogen (secondary N) is 3. The summed E-state index contributed by atoms with van der Waals surface area (Å²) in [4.78, 5) is 35.3. The molecule has 0 saturated carbocycles. The van der Waals surface area contributed by atoms with Crippen molar-refractivity contribution in [2.24, 2.45) is 0 Å². The van der Waals surface area contributed by atoms with E-state index >= 15 is 0 Å². The van der Waals surface area contributed by atoms with E-state index in [2.05, 4.69) is 31.9 Å². The van der Waals surface area contributed by atoms with Gasteiger partial charge < -0.3 is 16.0 Å². The molecule has 0 unspecified atom stereocenters. The molecule has 0 heterocycles. The molecule has 136 valence electrons. The van der Waals surface area contributed by atoms with E-state index in [4.69, 9.17) is 0 Å². The van der Waals surface area contributed by atoms with E-state index in [-0.39, 0.29) is 17.7 Å². The van der Waals surface area contributed by atoms with Crippen molar-refractivity contribution in [3.8, 4) is 0 Å². The number of halogens is 1. The molecular weight excluding hydrogens is 398 g/mol. The van der Waals surface area contributed by atoms with E-state index in [9.17, 15) is 14.4 Å². The third kappa shape index (κ3) is 6.00. The molecule has 26 heavy (non-hydrogen) atoms. The minimum absolute atomic E-state index is 0.0508. The Labute approximate surface area is 160 Å². The smallest absolute Gasteiger partial charge is 0.255 e. The Morgan fingerprint density at radius 2 is 1.35 bits per heavy atom. The highest BCUT2D eigenvalue weighted by atomic mass is 79.9. The first-order valence-corrected chi connectivity index (χ1v) is 9.00. The van der Waals surface area contributed by atoms with Crippen LogP contribution in [0.3, 0.4) is 0 Å². The van der Waals surface area contributed by atoms with Gasteiger partial charge in [0.25, 0.3) is 11.8 Å². The lowest BCUT2D eigenvalue weighted by Crippen LogP contribution is -2.34. The van der Waals surface area contributed by atoms with Crippen molar-refractivity contribution in [1.29, 1.82) is 0 Å². The molecule has 2 rings (SSSR count). The van der Waals surface area contributed by atoms with E-state index in [1.807, 2.05) is 0 Å². The predicted octanol–water partition coefficient (Wildman–Crippen LogP) is 2.96. The van der Waals surface area contributed by atoms with Crippen molar-refractivity contribution in [3.63, 3.8) is 0 Å². The van der Waals surface area contributed by atoms with Crippen LogP contribution in [0.25, 0.3) is 0 Å². The number of hydrogen-bond acceptors (Lipinski definition) is 3. The first kappa shape index (κ1) is 19.7. The number of carbonyl (C=O) groups excluding carboxylic acids is 3. The number of anilines is 1. The summed E-state index contributed by atoms with van der Waals surface area (Å²) in [6, 6.07) is 13.6. The predicted molar refractivity (Wildman–Crippen MR) is 104 cm³/mol. The Morgan fingerprint density at radius 1 is 0.808 bits per heavy atom. The van der Waals surface area contributed by atoms with E-state index in [1.54, 1.807) is 55.5 Å². The van der Waals surface area contributed by atoms with Crippen molar-refractivity contribution in [3.05, 3.63) is 64.1 Å². The Bertz CT molecular complexity index is 774. The Balaban J connectivity index is 1.85. The van der Waals surface area contributed by atoms with Gasteiger partial charge in [0.05, 0.1) is 0 Å². The second-order valence-corrected chi connectivity index (χ2v) is 6.41. The molecule has 6 nitrogen and oxygen atoms in total. The van der Waals surface area contributed by atoms with Gasteiger partial charge in [-0.1, -0.05) is 22.9 Å². The molecule has 0 aromatic heterocycles. The largest absolute Gasteiger partial charge is 0.354 e. The quantitative estimate of drug-likeness (QED) is 0.605. The minimum Gasteiger partial charge on any atom is -0.354 e. The second kappa shape index (κ2) is 9.72.